The quantitative estimate of drug-likeness (QED) is 0.447. The minimum absolute atomic E-state index is 0.148. The highest BCUT2D eigenvalue weighted by atomic mass is 16.5. The maximum atomic E-state index is 11.0. The summed E-state index contributed by atoms with van der Waals surface area (Å²) in [5.41, 5.74) is 3.63. The van der Waals surface area contributed by atoms with Gasteiger partial charge >= 0.3 is 5.97 Å². The number of nitrogens with zero attached hydrogens (tertiary/aromatic N) is 1. The third kappa shape index (κ3) is 4.52. The molecular weight excluding hydrogens is 418 g/mol. The van der Waals surface area contributed by atoms with E-state index in [1.807, 2.05) is 54.6 Å². The Morgan fingerprint density at radius 2 is 1.85 bits per heavy atom. The number of rotatable bonds is 6. The van der Waals surface area contributed by atoms with Crippen LogP contribution < -0.4 is 9.47 Å². The van der Waals surface area contributed by atoms with Crippen molar-refractivity contribution in [2.45, 2.75) is 19.1 Å². The van der Waals surface area contributed by atoms with Gasteiger partial charge in [0.05, 0.1) is 29.5 Å². The minimum atomic E-state index is -0.956. The van der Waals surface area contributed by atoms with Crippen LogP contribution in [0.5, 0.6) is 11.5 Å². The lowest BCUT2D eigenvalue weighted by Gasteiger charge is -2.30. The van der Waals surface area contributed by atoms with Crippen molar-refractivity contribution in [3.63, 3.8) is 0 Å². The third-order valence-electron chi connectivity index (χ3n) is 5.94. The van der Waals surface area contributed by atoms with E-state index < -0.39 is 12.1 Å². The van der Waals surface area contributed by atoms with Crippen LogP contribution in [0.4, 0.5) is 0 Å². The molecule has 1 aliphatic heterocycles. The molecule has 3 aromatic carbocycles. The maximum Gasteiger partial charge on any atom is 0.335 e. The Morgan fingerprint density at radius 3 is 2.67 bits per heavy atom. The molecule has 6 nitrogen and oxygen atoms in total. The number of aromatic nitrogens is 1. The van der Waals surface area contributed by atoms with E-state index in [-0.39, 0.29) is 11.5 Å². The molecule has 166 valence electrons. The number of para-hydroxylation sites is 1. The van der Waals surface area contributed by atoms with Crippen molar-refractivity contribution >= 4 is 16.9 Å². The molecule has 0 radical (unpaired) electrons. The van der Waals surface area contributed by atoms with E-state index in [2.05, 4.69) is 4.98 Å². The number of carboxylic acid groups (broad SMARTS) is 1. The average Bonchev–Trinajstić information content (AvgIpc) is 2.85. The van der Waals surface area contributed by atoms with Crippen LogP contribution in [-0.4, -0.2) is 27.8 Å². The lowest BCUT2D eigenvalue weighted by molar-refractivity contribution is 0.0504. The second-order valence-corrected chi connectivity index (χ2v) is 8.21. The zero-order valence-electron chi connectivity index (χ0n) is 17.8. The van der Waals surface area contributed by atoms with Crippen molar-refractivity contribution in [1.82, 2.24) is 4.98 Å². The van der Waals surface area contributed by atoms with E-state index in [1.54, 1.807) is 24.3 Å². The zero-order valence-corrected chi connectivity index (χ0v) is 17.8. The Hall–Kier alpha value is -3.90. The molecule has 4 aromatic rings. The monoisotopic (exact) mass is 441 g/mol. The van der Waals surface area contributed by atoms with Crippen LogP contribution in [0.25, 0.3) is 10.9 Å². The van der Waals surface area contributed by atoms with Crippen LogP contribution in [-0.2, 0) is 13.0 Å². The molecule has 0 fully saturated rings. The summed E-state index contributed by atoms with van der Waals surface area (Å²) in [6.07, 6.45) is -0.137. The first kappa shape index (κ1) is 21.0. The molecule has 0 bridgehead atoms. The number of aromatic carboxylic acids is 1. The Balaban J connectivity index is 1.28. The molecule has 1 aliphatic rings. The molecule has 0 spiro atoms. The minimum Gasteiger partial charge on any atom is -0.493 e. The molecular formula is C27H23NO5. The summed E-state index contributed by atoms with van der Waals surface area (Å²) in [7, 11) is 0. The van der Waals surface area contributed by atoms with Gasteiger partial charge in [0.2, 0.25) is 0 Å². The smallest absolute Gasteiger partial charge is 0.335 e. The summed E-state index contributed by atoms with van der Waals surface area (Å²) < 4.78 is 11.8. The molecule has 2 atom stereocenters. The summed E-state index contributed by atoms with van der Waals surface area (Å²) in [6.45, 7) is 0.704. The third-order valence-corrected chi connectivity index (χ3v) is 5.94. The molecule has 0 saturated heterocycles. The number of ether oxygens (including phenoxy) is 2. The van der Waals surface area contributed by atoms with Gasteiger partial charge in [0.15, 0.2) is 0 Å². The molecule has 1 aromatic heterocycles. The molecule has 2 N–H and O–H groups in total. The standard InChI is InChI=1S/C27H23NO5/c29-26-20(13-17-5-7-19(8-6-17)27(30)31)15-33-25-12-11-22(14-23(25)26)32-16-21-10-9-18-3-1-2-4-24(18)28-21/h1-12,14,20,26,29H,13,15-16H2,(H,30,31)/t20-,26+/m0/s1. The van der Waals surface area contributed by atoms with Crippen LogP contribution in [0.1, 0.15) is 33.3 Å². The van der Waals surface area contributed by atoms with Crippen molar-refractivity contribution in [2.75, 3.05) is 6.61 Å². The number of fused-ring (bicyclic) bond motifs is 2. The number of hydrogen-bond acceptors (Lipinski definition) is 5. The molecule has 0 amide bonds. The maximum absolute atomic E-state index is 11.0. The van der Waals surface area contributed by atoms with Crippen LogP contribution in [0.3, 0.4) is 0 Å². The lowest BCUT2D eigenvalue weighted by atomic mass is 9.88. The van der Waals surface area contributed by atoms with E-state index in [9.17, 15) is 9.90 Å². The highest BCUT2D eigenvalue weighted by Gasteiger charge is 2.30. The van der Waals surface area contributed by atoms with Gasteiger partial charge in [-0.1, -0.05) is 36.4 Å². The van der Waals surface area contributed by atoms with Crippen LogP contribution in [0.2, 0.25) is 0 Å². The highest BCUT2D eigenvalue weighted by molar-refractivity contribution is 5.87. The SMILES string of the molecule is O=C(O)c1ccc(C[C@H]2COc3ccc(OCc4ccc5ccccc5n4)cc3[C@@H]2O)cc1. The predicted molar refractivity (Wildman–Crippen MR) is 124 cm³/mol. The topological polar surface area (TPSA) is 88.9 Å². The van der Waals surface area contributed by atoms with Crippen molar-refractivity contribution in [1.29, 1.82) is 0 Å². The number of benzene rings is 3. The first-order valence-corrected chi connectivity index (χ1v) is 10.8. The first-order valence-electron chi connectivity index (χ1n) is 10.8. The summed E-state index contributed by atoms with van der Waals surface area (Å²) in [4.78, 5) is 15.7. The molecule has 5 rings (SSSR count). The van der Waals surface area contributed by atoms with Gasteiger partial charge in [-0.25, -0.2) is 9.78 Å². The second kappa shape index (κ2) is 8.92. The van der Waals surface area contributed by atoms with E-state index in [1.165, 1.54) is 0 Å². The fourth-order valence-electron chi connectivity index (χ4n) is 4.12. The highest BCUT2D eigenvalue weighted by Crippen LogP contribution is 2.39. The fourth-order valence-corrected chi connectivity index (χ4v) is 4.12. The Kier molecular flexibility index (Phi) is 5.67. The van der Waals surface area contributed by atoms with Gasteiger partial charge in [0, 0.05) is 16.9 Å². The van der Waals surface area contributed by atoms with Crippen LogP contribution in [0.15, 0.2) is 78.9 Å². The summed E-state index contributed by atoms with van der Waals surface area (Å²) in [5, 5.41) is 21.2. The van der Waals surface area contributed by atoms with Gasteiger partial charge in [-0.15, -0.1) is 0 Å². The molecule has 0 saturated carbocycles. The Morgan fingerprint density at radius 1 is 1.03 bits per heavy atom. The normalized spacial score (nSPS) is 17.2. The van der Waals surface area contributed by atoms with Crippen molar-refractivity contribution in [3.05, 3.63) is 101 Å². The lowest BCUT2D eigenvalue weighted by Crippen LogP contribution is -2.27. The summed E-state index contributed by atoms with van der Waals surface area (Å²) in [6, 6.07) is 24.1. The predicted octanol–water partition coefficient (Wildman–Crippen LogP) is 4.80. The second-order valence-electron chi connectivity index (χ2n) is 8.21. The number of aliphatic hydroxyl groups is 1. The van der Waals surface area contributed by atoms with Gasteiger partial charge in [0.1, 0.15) is 18.1 Å². The molecule has 0 aliphatic carbocycles. The number of aliphatic hydroxyl groups excluding tert-OH is 1. The van der Waals surface area contributed by atoms with Gasteiger partial charge in [-0.2, -0.15) is 0 Å². The van der Waals surface area contributed by atoms with Crippen molar-refractivity contribution < 1.29 is 24.5 Å². The molecule has 0 unspecified atom stereocenters. The molecule has 2 heterocycles. The average molecular weight is 441 g/mol. The van der Waals surface area contributed by atoms with E-state index in [0.717, 1.165) is 22.2 Å². The van der Waals surface area contributed by atoms with Crippen molar-refractivity contribution in [2.24, 2.45) is 5.92 Å². The van der Waals surface area contributed by atoms with Crippen molar-refractivity contribution in [3.8, 4) is 11.5 Å². The molecule has 33 heavy (non-hydrogen) atoms. The Labute approximate surface area is 191 Å². The summed E-state index contributed by atoms with van der Waals surface area (Å²) in [5.74, 6) is 0.183. The van der Waals surface area contributed by atoms with Crippen LogP contribution in [0, 0.1) is 5.92 Å². The fraction of sp³-hybridized carbons (Fsp3) is 0.185. The molecule has 6 heteroatoms. The van der Waals surface area contributed by atoms with Gasteiger partial charge in [0.25, 0.3) is 0 Å². The van der Waals surface area contributed by atoms with E-state index in [0.29, 0.717) is 36.7 Å². The largest absolute Gasteiger partial charge is 0.493 e. The first-order chi connectivity index (χ1) is 16.1. The van der Waals surface area contributed by atoms with Gasteiger partial charge in [-0.3, -0.25) is 0 Å². The van der Waals surface area contributed by atoms with Gasteiger partial charge in [-0.05, 0) is 54.4 Å². The number of pyridine rings is 1. The number of hydrogen-bond donors (Lipinski definition) is 2. The number of carbonyl (C=O) groups is 1. The Bertz CT molecular complexity index is 1300. The van der Waals surface area contributed by atoms with E-state index in [4.69, 9.17) is 14.6 Å². The zero-order chi connectivity index (χ0) is 22.8. The van der Waals surface area contributed by atoms with E-state index >= 15 is 0 Å². The van der Waals surface area contributed by atoms with Crippen LogP contribution >= 0.6 is 0 Å². The summed E-state index contributed by atoms with van der Waals surface area (Å²) >= 11 is 0. The number of carboxylic acids is 1. The van der Waals surface area contributed by atoms with Gasteiger partial charge < -0.3 is 19.7 Å².